The van der Waals surface area contributed by atoms with Crippen LogP contribution in [0.4, 0.5) is 0 Å². The summed E-state index contributed by atoms with van der Waals surface area (Å²) < 4.78 is 16.1. The van der Waals surface area contributed by atoms with Crippen LogP contribution in [0.5, 0.6) is 11.5 Å². The average molecular weight is 585 g/mol. The second-order valence-corrected chi connectivity index (χ2v) is 10.7. The molecule has 8 nitrogen and oxygen atoms in total. The van der Waals surface area contributed by atoms with Gasteiger partial charge in [0.1, 0.15) is 0 Å². The van der Waals surface area contributed by atoms with Crippen LogP contribution in [-0.2, 0) is 27.3 Å². The molecule has 0 radical (unpaired) electrons. The zero-order valence-corrected chi connectivity index (χ0v) is 25.8. The van der Waals surface area contributed by atoms with Crippen LogP contribution in [0.25, 0.3) is 0 Å². The topological polar surface area (TPSA) is 85.4 Å². The number of nitrogens with zero attached hydrogens (tertiary/aromatic N) is 2. The summed E-state index contributed by atoms with van der Waals surface area (Å²) in [4.78, 5) is 43.2. The van der Waals surface area contributed by atoms with E-state index in [1.807, 2.05) is 67.6 Å². The molecule has 2 amide bonds. The fourth-order valence-corrected chi connectivity index (χ4v) is 5.40. The van der Waals surface area contributed by atoms with Crippen molar-refractivity contribution in [3.8, 4) is 11.5 Å². The molecule has 0 aromatic heterocycles. The standard InChI is InChI=1S/C35H40N2O6/c1-7-43-35(40)33-24(3)37(32(38)21-29(33)27-14-11-23(2)12-15-27)22-26-9-8-10-28(19-26)34(39)36(4)18-17-25-13-16-30(41-5)31(20-25)42-6/h8-16,19-20,29H,7,17-18,21-22H2,1-6H3. The normalized spacial score (nSPS) is 14.9. The lowest BCUT2D eigenvalue weighted by molar-refractivity contribution is -0.140. The number of carbonyl (C=O) groups excluding carboxylic acids is 3. The van der Waals surface area contributed by atoms with E-state index in [1.165, 1.54) is 0 Å². The first kappa shape index (κ1) is 31.3. The zero-order valence-electron chi connectivity index (χ0n) is 25.8. The number of carbonyl (C=O) groups is 3. The molecule has 1 aliphatic heterocycles. The molecule has 226 valence electrons. The van der Waals surface area contributed by atoms with E-state index in [4.69, 9.17) is 14.2 Å². The van der Waals surface area contributed by atoms with Crippen molar-refractivity contribution in [3.05, 3.63) is 106 Å². The Morgan fingerprint density at radius 1 is 0.930 bits per heavy atom. The molecule has 3 aromatic carbocycles. The van der Waals surface area contributed by atoms with Gasteiger partial charge in [0.15, 0.2) is 11.5 Å². The number of allylic oxidation sites excluding steroid dienone is 1. The molecule has 0 saturated heterocycles. The molecule has 1 aliphatic rings. The first-order valence-electron chi connectivity index (χ1n) is 14.5. The van der Waals surface area contributed by atoms with Crippen LogP contribution in [0.15, 0.2) is 78.0 Å². The van der Waals surface area contributed by atoms with Crippen molar-refractivity contribution < 1.29 is 28.6 Å². The monoisotopic (exact) mass is 584 g/mol. The van der Waals surface area contributed by atoms with Gasteiger partial charge in [-0.15, -0.1) is 0 Å². The Morgan fingerprint density at radius 2 is 1.65 bits per heavy atom. The van der Waals surface area contributed by atoms with E-state index in [1.54, 1.807) is 51.0 Å². The number of rotatable bonds is 11. The molecule has 0 N–H and O–H groups in total. The number of hydrogen-bond acceptors (Lipinski definition) is 6. The van der Waals surface area contributed by atoms with Gasteiger partial charge in [0, 0.05) is 37.2 Å². The predicted molar refractivity (Wildman–Crippen MR) is 165 cm³/mol. The fourth-order valence-electron chi connectivity index (χ4n) is 5.40. The minimum Gasteiger partial charge on any atom is -0.493 e. The first-order valence-corrected chi connectivity index (χ1v) is 14.5. The molecule has 0 bridgehead atoms. The molecular weight excluding hydrogens is 544 g/mol. The third-order valence-electron chi connectivity index (χ3n) is 7.84. The van der Waals surface area contributed by atoms with Crippen LogP contribution in [0.2, 0.25) is 0 Å². The molecule has 0 saturated carbocycles. The minimum absolute atomic E-state index is 0.0834. The van der Waals surface area contributed by atoms with Crippen molar-refractivity contribution in [2.24, 2.45) is 0 Å². The maximum Gasteiger partial charge on any atom is 0.336 e. The van der Waals surface area contributed by atoms with Gasteiger partial charge in [-0.2, -0.15) is 0 Å². The van der Waals surface area contributed by atoms with Crippen LogP contribution in [-0.4, -0.2) is 62.0 Å². The molecule has 3 aromatic rings. The second-order valence-electron chi connectivity index (χ2n) is 10.7. The molecular formula is C35H40N2O6. The summed E-state index contributed by atoms with van der Waals surface area (Å²) in [5.41, 5.74) is 5.43. The van der Waals surface area contributed by atoms with Crippen molar-refractivity contribution >= 4 is 17.8 Å². The highest BCUT2D eigenvalue weighted by atomic mass is 16.5. The number of likely N-dealkylation sites (N-methyl/N-ethyl adjacent to an activating group) is 1. The first-order chi connectivity index (χ1) is 20.7. The van der Waals surface area contributed by atoms with Crippen LogP contribution in [0.1, 0.15) is 58.8 Å². The number of hydrogen-bond donors (Lipinski definition) is 0. The quantitative estimate of drug-likeness (QED) is 0.270. The van der Waals surface area contributed by atoms with Crippen molar-refractivity contribution in [1.29, 1.82) is 0 Å². The van der Waals surface area contributed by atoms with Gasteiger partial charge < -0.3 is 24.0 Å². The Morgan fingerprint density at radius 3 is 2.33 bits per heavy atom. The Balaban J connectivity index is 1.52. The van der Waals surface area contributed by atoms with Gasteiger partial charge in [-0.05, 0) is 68.1 Å². The van der Waals surface area contributed by atoms with Crippen LogP contribution in [0, 0.1) is 6.92 Å². The summed E-state index contributed by atoms with van der Waals surface area (Å²) in [7, 11) is 4.96. The van der Waals surface area contributed by atoms with Gasteiger partial charge in [0.05, 0.1) is 32.9 Å². The highest BCUT2D eigenvalue weighted by molar-refractivity contribution is 5.96. The highest BCUT2D eigenvalue weighted by Crippen LogP contribution is 2.38. The van der Waals surface area contributed by atoms with Gasteiger partial charge in [-0.1, -0.05) is 48.0 Å². The maximum atomic E-state index is 13.5. The van der Waals surface area contributed by atoms with Crippen molar-refractivity contribution in [2.45, 2.75) is 46.1 Å². The summed E-state index contributed by atoms with van der Waals surface area (Å²) in [6, 6.07) is 20.9. The lowest BCUT2D eigenvalue weighted by Crippen LogP contribution is -2.38. The van der Waals surface area contributed by atoms with Gasteiger partial charge in [0.25, 0.3) is 5.91 Å². The molecule has 8 heteroatoms. The largest absolute Gasteiger partial charge is 0.493 e. The molecule has 4 rings (SSSR count). The van der Waals surface area contributed by atoms with Gasteiger partial charge >= 0.3 is 5.97 Å². The molecule has 1 heterocycles. The van der Waals surface area contributed by atoms with E-state index in [0.717, 1.165) is 22.3 Å². The highest BCUT2D eigenvalue weighted by Gasteiger charge is 2.37. The van der Waals surface area contributed by atoms with E-state index < -0.39 is 5.97 Å². The lowest BCUT2D eigenvalue weighted by atomic mass is 9.83. The molecule has 43 heavy (non-hydrogen) atoms. The maximum absolute atomic E-state index is 13.5. The number of amides is 2. The SMILES string of the molecule is CCOC(=O)C1=C(C)N(Cc2cccc(C(=O)N(C)CCc3ccc(OC)c(OC)c3)c2)C(=O)CC1c1ccc(C)cc1. The van der Waals surface area contributed by atoms with Crippen molar-refractivity contribution in [3.63, 3.8) is 0 Å². The summed E-state index contributed by atoms with van der Waals surface area (Å²) in [5, 5.41) is 0. The number of benzene rings is 3. The van der Waals surface area contributed by atoms with E-state index in [-0.39, 0.29) is 37.3 Å². The molecule has 0 fully saturated rings. The van der Waals surface area contributed by atoms with Gasteiger partial charge in [-0.25, -0.2) is 4.79 Å². The molecule has 0 spiro atoms. The van der Waals surface area contributed by atoms with Crippen LogP contribution >= 0.6 is 0 Å². The van der Waals surface area contributed by atoms with Gasteiger partial charge in [-0.3, -0.25) is 9.59 Å². The average Bonchev–Trinajstić information content (AvgIpc) is 3.01. The Bertz CT molecular complexity index is 1510. The third-order valence-corrected chi connectivity index (χ3v) is 7.84. The van der Waals surface area contributed by atoms with Crippen LogP contribution < -0.4 is 9.47 Å². The molecule has 1 atom stereocenters. The van der Waals surface area contributed by atoms with E-state index in [0.29, 0.717) is 41.3 Å². The summed E-state index contributed by atoms with van der Waals surface area (Å²) in [5.74, 6) is 0.309. The van der Waals surface area contributed by atoms with Crippen molar-refractivity contribution in [2.75, 3.05) is 34.4 Å². The van der Waals surface area contributed by atoms with Crippen molar-refractivity contribution in [1.82, 2.24) is 9.80 Å². The predicted octanol–water partition coefficient (Wildman–Crippen LogP) is 5.68. The third kappa shape index (κ3) is 7.25. The molecule has 1 unspecified atom stereocenters. The number of methoxy groups -OCH3 is 2. The Labute approximate surface area is 253 Å². The second kappa shape index (κ2) is 14.1. The summed E-state index contributed by atoms with van der Waals surface area (Å²) >= 11 is 0. The Hall–Kier alpha value is -4.59. The van der Waals surface area contributed by atoms with Crippen LogP contribution in [0.3, 0.4) is 0 Å². The number of ether oxygens (including phenoxy) is 3. The molecule has 0 aliphatic carbocycles. The van der Waals surface area contributed by atoms with E-state index in [2.05, 4.69) is 0 Å². The van der Waals surface area contributed by atoms with E-state index in [9.17, 15) is 14.4 Å². The fraction of sp³-hybridized carbons (Fsp3) is 0.343. The van der Waals surface area contributed by atoms with E-state index >= 15 is 0 Å². The lowest BCUT2D eigenvalue weighted by Gasteiger charge is -2.34. The number of esters is 1. The minimum atomic E-state index is -0.414. The van der Waals surface area contributed by atoms with Gasteiger partial charge in [0.2, 0.25) is 5.91 Å². The zero-order chi connectivity index (χ0) is 31.1. The summed E-state index contributed by atoms with van der Waals surface area (Å²) in [6.07, 6.45) is 0.805. The summed E-state index contributed by atoms with van der Waals surface area (Å²) in [6.45, 7) is 6.56. The smallest absolute Gasteiger partial charge is 0.336 e. The Kier molecular flexibility index (Phi) is 10.2. The number of aryl methyl sites for hydroxylation is 1.